The number of hydrogen-bond acceptors (Lipinski definition) is 6. The Bertz CT molecular complexity index is 1770. The number of piperidine rings is 1. The second-order valence-electron chi connectivity index (χ2n) is 12.2. The molecule has 252 valence electrons. The monoisotopic (exact) mass is 671 g/mol. The molecule has 1 saturated heterocycles. The Morgan fingerprint density at radius 1 is 1.21 bits per heavy atom. The largest absolute Gasteiger partial charge is 0.416 e. The van der Waals surface area contributed by atoms with Gasteiger partial charge in [-0.3, -0.25) is 9.98 Å². The van der Waals surface area contributed by atoms with E-state index in [0.717, 1.165) is 49.3 Å². The molecule has 5 rings (SSSR count). The van der Waals surface area contributed by atoms with Crippen LogP contribution < -0.4 is 22.1 Å². The van der Waals surface area contributed by atoms with Gasteiger partial charge in [0.1, 0.15) is 12.3 Å². The number of fused-ring (bicyclic) bond motifs is 1. The van der Waals surface area contributed by atoms with Gasteiger partial charge < -0.3 is 21.4 Å². The number of aryl methyl sites for hydroxylation is 1. The Morgan fingerprint density at radius 2 is 2.02 bits per heavy atom. The highest BCUT2D eigenvalue weighted by atomic mass is 32.2. The number of thioether (sulfide) groups is 1. The maximum atomic E-state index is 13.8. The van der Waals surface area contributed by atoms with Crippen molar-refractivity contribution in [3.63, 3.8) is 0 Å². The van der Waals surface area contributed by atoms with E-state index in [4.69, 9.17) is 11.1 Å². The van der Waals surface area contributed by atoms with Gasteiger partial charge in [-0.25, -0.2) is 9.18 Å². The van der Waals surface area contributed by atoms with E-state index < -0.39 is 30.1 Å². The first kappa shape index (κ1) is 34.6. The predicted molar refractivity (Wildman–Crippen MR) is 180 cm³/mol. The summed E-state index contributed by atoms with van der Waals surface area (Å²) in [6, 6.07) is 11.4. The minimum absolute atomic E-state index is 0.175. The van der Waals surface area contributed by atoms with E-state index in [2.05, 4.69) is 20.6 Å². The van der Waals surface area contributed by atoms with Gasteiger partial charge in [0, 0.05) is 46.8 Å². The number of nitrogens with zero attached hydrogens (tertiary/aromatic N) is 2. The molecule has 0 amide bonds. The molecule has 2 aromatic carbocycles. The van der Waals surface area contributed by atoms with Crippen LogP contribution in [0.2, 0.25) is 0 Å². The molecule has 0 unspecified atom stereocenters. The SMILES string of the molecule is CSc1cc(-n2cc3cc(-c4cc(CCC[C@@H](N)CF)cc(C(F)(F)F)c4)[nH]c3nc2=O)ccc1[C@@H]1CCC[C@@H](CCNC(C)=N)N1. The molecule has 1 aliphatic rings. The van der Waals surface area contributed by atoms with Gasteiger partial charge in [0.05, 0.1) is 17.1 Å². The number of benzene rings is 2. The molecule has 0 saturated carbocycles. The zero-order chi connectivity index (χ0) is 33.7. The van der Waals surface area contributed by atoms with Crippen LogP contribution in [-0.4, -0.2) is 51.9 Å². The Kier molecular flexibility index (Phi) is 11.1. The number of rotatable bonds is 12. The first-order valence-electron chi connectivity index (χ1n) is 15.8. The highest BCUT2D eigenvalue weighted by Crippen LogP contribution is 2.36. The summed E-state index contributed by atoms with van der Waals surface area (Å²) in [5, 5.41) is 15.0. The fourth-order valence-electron chi connectivity index (χ4n) is 6.20. The van der Waals surface area contributed by atoms with E-state index in [1.54, 1.807) is 37.0 Å². The second-order valence-corrected chi connectivity index (χ2v) is 13.1. The van der Waals surface area contributed by atoms with Gasteiger partial charge >= 0.3 is 11.9 Å². The first-order valence-corrected chi connectivity index (χ1v) is 17.1. The first-order chi connectivity index (χ1) is 22.4. The van der Waals surface area contributed by atoms with Crippen molar-refractivity contribution in [3.8, 4) is 16.9 Å². The number of nitrogens with two attached hydrogens (primary N) is 1. The third-order valence-corrected chi connectivity index (χ3v) is 9.41. The molecule has 0 spiro atoms. The number of nitrogens with one attached hydrogen (secondary N) is 4. The molecule has 2 aromatic heterocycles. The molecule has 47 heavy (non-hydrogen) atoms. The number of aromatic amines is 1. The fraction of sp³-hybridized carbons (Fsp3) is 0.441. The van der Waals surface area contributed by atoms with Gasteiger partial charge in [0.25, 0.3) is 0 Å². The van der Waals surface area contributed by atoms with Crippen LogP contribution in [0.1, 0.15) is 68.2 Å². The van der Waals surface area contributed by atoms with Crippen LogP contribution in [0.25, 0.3) is 28.0 Å². The Hall–Kier alpha value is -3.68. The molecule has 1 fully saturated rings. The smallest absolute Gasteiger partial charge is 0.374 e. The van der Waals surface area contributed by atoms with Crippen LogP contribution in [0.5, 0.6) is 0 Å². The number of amidine groups is 1. The van der Waals surface area contributed by atoms with Crippen molar-refractivity contribution >= 4 is 28.6 Å². The predicted octanol–water partition coefficient (Wildman–Crippen LogP) is 6.90. The lowest BCUT2D eigenvalue weighted by Crippen LogP contribution is -2.39. The summed E-state index contributed by atoms with van der Waals surface area (Å²) in [6.45, 7) is 1.81. The van der Waals surface area contributed by atoms with E-state index in [1.807, 2.05) is 24.5 Å². The summed E-state index contributed by atoms with van der Waals surface area (Å²) >= 11 is 1.60. The van der Waals surface area contributed by atoms with Crippen LogP contribution in [0, 0.1) is 5.41 Å². The van der Waals surface area contributed by atoms with Crippen LogP contribution in [0.4, 0.5) is 17.6 Å². The summed E-state index contributed by atoms with van der Waals surface area (Å²) in [4.78, 5) is 21.5. The van der Waals surface area contributed by atoms with E-state index in [9.17, 15) is 22.4 Å². The maximum Gasteiger partial charge on any atom is 0.416 e. The van der Waals surface area contributed by atoms with Gasteiger partial charge in [-0.15, -0.1) is 11.8 Å². The number of hydrogen-bond donors (Lipinski definition) is 5. The van der Waals surface area contributed by atoms with E-state index in [-0.39, 0.29) is 11.7 Å². The molecule has 4 aromatic rings. The maximum absolute atomic E-state index is 13.8. The van der Waals surface area contributed by atoms with Gasteiger partial charge in [-0.1, -0.05) is 12.5 Å². The summed E-state index contributed by atoms with van der Waals surface area (Å²) < 4.78 is 55.7. The van der Waals surface area contributed by atoms with E-state index in [0.29, 0.717) is 59.0 Å². The van der Waals surface area contributed by atoms with Crippen molar-refractivity contribution in [2.45, 2.75) is 81.1 Å². The summed E-state index contributed by atoms with van der Waals surface area (Å²) in [5.74, 6) is 0.463. The van der Waals surface area contributed by atoms with Gasteiger partial charge in [0.2, 0.25) is 0 Å². The fourth-order valence-corrected chi connectivity index (χ4v) is 6.88. The van der Waals surface area contributed by atoms with Gasteiger partial charge in [-0.05, 0) is 105 Å². The summed E-state index contributed by atoms with van der Waals surface area (Å²) in [7, 11) is 0. The second kappa shape index (κ2) is 15.0. The molecular formula is C34H41F4N7OS. The molecule has 3 atom stereocenters. The third kappa shape index (κ3) is 8.62. The summed E-state index contributed by atoms with van der Waals surface area (Å²) in [6.07, 6.45) is 4.35. The molecule has 0 bridgehead atoms. The van der Waals surface area contributed by atoms with Crippen LogP contribution in [-0.2, 0) is 12.6 Å². The summed E-state index contributed by atoms with van der Waals surface area (Å²) in [5.41, 5.74) is 7.63. The topological polar surface area (TPSA) is 125 Å². The normalized spacial score (nSPS) is 17.6. The molecule has 0 radical (unpaired) electrons. The molecule has 0 aliphatic carbocycles. The van der Waals surface area contributed by atoms with Crippen LogP contribution in [0.3, 0.4) is 0 Å². The Labute approximate surface area is 275 Å². The van der Waals surface area contributed by atoms with Crippen molar-refractivity contribution in [1.29, 1.82) is 5.41 Å². The lowest BCUT2D eigenvalue weighted by molar-refractivity contribution is -0.137. The van der Waals surface area contributed by atoms with Gasteiger partial charge in [-0.2, -0.15) is 18.2 Å². The van der Waals surface area contributed by atoms with Crippen molar-refractivity contribution in [2.75, 3.05) is 19.5 Å². The molecule has 13 heteroatoms. The lowest BCUT2D eigenvalue weighted by Gasteiger charge is -2.32. The molecule has 8 nitrogen and oxygen atoms in total. The third-order valence-electron chi connectivity index (χ3n) is 8.61. The number of alkyl halides is 4. The molecule has 6 N–H and O–H groups in total. The number of H-pyrrole nitrogens is 1. The minimum Gasteiger partial charge on any atom is -0.374 e. The van der Waals surface area contributed by atoms with Crippen molar-refractivity contribution in [3.05, 3.63) is 75.8 Å². The number of halogens is 4. The quantitative estimate of drug-likeness (QED) is 0.0483. The van der Waals surface area contributed by atoms with Crippen LogP contribution >= 0.6 is 11.8 Å². The molecule has 1 aliphatic heterocycles. The Balaban J connectivity index is 1.41. The van der Waals surface area contributed by atoms with E-state index in [1.165, 1.54) is 10.1 Å². The zero-order valence-electron chi connectivity index (χ0n) is 26.5. The Morgan fingerprint density at radius 3 is 2.74 bits per heavy atom. The molecular weight excluding hydrogens is 630 g/mol. The minimum atomic E-state index is -4.55. The van der Waals surface area contributed by atoms with Crippen LogP contribution in [0.15, 0.2) is 58.4 Å². The molecule has 3 heterocycles. The zero-order valence-corrected chi connectivity index (χ0v) is 27.3. The standard InChI is InChI=1S/C34H41F4N7OS/c1-20(39)41-12-11-26-7-4-8-29(42-26)28-10-9-27(17-31(28)47-2)45-19-23-16-30(43-32(23)44-33(45)46)22-13-21(5-3-6-25(40)18-35)14-24(15-22)34(36,37)38/h9-10,13-17,19,25-26,29,42H,3-8,11-12,18,40H2,1-2H3,(H2,39,41)(H,43,44,46)/t25-,26+,29+/m1/s1. The lowest BCUT2D eigenvalue weighted by atomic mass is 9.92. The highest BCUT2D eigenvalue weighted by molar-refractivity contribution is 7.98. The van der Waals surface area contributed by atoms with Crippen molar-refractivity contribution in [1.82, 2.24) is 25.2 Å². The van der Waals surface area contributed by atoms with Crippen molar-refractivity contribution in [2.24, 2.45) is 5.73 Å². The van der Waals surface area contributed by atoms with Crippen molar-refractivity contribution < 1.29 is 17.6 Å². The average molecular weight is 672 g/mol. The van der Waals surface area contributed by atoms with E-state index >= 15 is 0 Å². The van der Waals surface area contributed by atoms with Gasteiger partial charge in [0.15, 0.2) is 0 Å². The average Bonchev–Trinajstić information content (AvgIpc) is 3.46. The highest BCUT2D eigenvalue weighted by Gasteiger charge is 2.31. The number of aromatic nitrogens is 3.